The van der Waals surface area contributed by atoms with Crippen LogP contribution in [0.15, 0.2) is 42.9 Å². The van der Waals surface area contributed by atoms with Crippen LogP contribution in [0.25, 0.3) is 22.3 Å². The monoisotopic (exact) mass is 387 g/mol. The zero-order valence-corrected chi connectivity index (χ0v) is 16.3. The van der Waals surface area contributed by atoms with E-state index in [1.807, 2.05) is 54.0 Å². The van der Waals surface area contributed by atoms with Crippen molar-refractivity contribution in [1.82, 2.24) is 24.3 Å². The summed E-state index contributed by atoms with van der Waals surface area (Å²) in [4.78, 5) is 23.2. The lowest BCUT2D eigenvalue weighted by Gasteiger charge is -2.18. The number of benzene rings is 1. The number of amides is 1. The summed E-state index contributed by atoms with van der Waals surface area (Å²) >= 11 is 0. The van der Waals surface area contributed by atoms with Crippen LogP contribution in [0, 0.1) is 0 Å². The van der Waals surface area contributed by atoms with Crippen LogP contribution in [0.1, 0.15) is 11.3 Å². The van der Waals surface area contributed by atoms with Crippen molar-refractivity contribution >= 4 is 28.4 Å². The number of anilines is 2. The normalized spacial score (nSPS) is 13.2. The molecule has 0 unspecified atom stereocenters. The molecule has 4 heterocycles. The molecule has 1 aromatic carbocycles. The van der Waals surface area contributed by atoms with Crippen molar-refractivity contribution in [3.63, 3.8) is 0 Å². The smallest absolute Gasteiger partial charge is 0.232 e. The van der Waals surface area contributed by atoms with E-state index in [2.05, 4.69) is 21.1 Å². The van der Waals surface area contributed by atoms with Gasteiger partial charge in [-0.15, -0.1) is 0 Å². The van der Waals surface area contributed by atoms with Crippen molar-refractivity contribution in [3.8, 4) is 11.3 Å². The van der Waals surface area contributed by atoms with E-state index in [9.17, 15) is 4.79 Å². The van der Waals surface area contributed by atoms with Crippen molar-refractivity contribution in [1.29, 1.82) is 0 Å². The van der Waals surface area contributed by atoms with Crippen LogP contribution in [0.4, 0.5) is 11.5 Å². The molecule has 0 bridgehead atoms. The lowest BCUT2D eigenvalue weighted by Crippen LogP contribution is -2.30. The third-order valence-corrected chi connectivity index (χ3v) is 5.58. The van der Waals surface area contributed by atoms with E-state index in [-0.39, 0.29) is 5.91 Å². The molecule has 8 heteroatoms. The third-order valence-electron chi connectivity index (χ3n) is 5.58. The lowest BCUT2D eigenvalue weighted by molar-refractivity contribution is -0.118. The van der Waals surface area contributed by atoms with Gasteiger partial charge >= 0.3 is 0 Å². The SMILES string of the molecule is Cn1cccc1CC(=O)N1CCc2cc(-c3nn(C)c4ncnc(N)c34)ccc21. The van der Waals surface area contributed by atoms with Gasteiger partial charge in [-0.1, -0.05) is 6.07 Å². The van der Waals surface area contributed by atoms with Gasteiger partial charge in [0.2, 0.25) is 5.91 Å². The fraction of sp³-hybridized carbons (Fsp3) is 0.238. The third kappa shape index (κ3) is 2.75. The van der Waals surface area contributed by atoms with Gasteiger partial charge in [0.25, 0.3) is 0 Å². The molecule has 1 aliphatic rings. The molecule has 0 saturated carbocycles. The summed E-state index contributed by atoms with van der Waals surface area (Å²) in [5.74, 6) is 0.525. The molecular formula is C21H21N7O. The van der Waals surface area contributed by atoms with E-state index >= 15 is 0 Å². The predicted molar refractivity (Wildman–Crippen MR) is 111 cm³/mol. The van der Waals surface area contributed by atoms with Crippen molar-refractivity contribution in [2.75, 3.05) is 17.2 Å². The molecule has 8 nitrogen and oxygen atoms in total. The van der Waals surface area contributed by atoms with Crippen molar-refractivity contribution in [3.05, 3.63) is 54.1 Å². The number of hydrogen-bond acceptors (Lipinski definition) is 5. The number of aromatic nitrogens is 5. The van der Waals surface area contributed by atoms with Crippen LogP contribution in [0.3, 0.4) is 0 Å². The molecule has 29 heavy (non-hydrogen) atoms. The molecule has 0 saturated heterocycles. The second kappa shape index (κ2) is 6.44. The van der Waals surface area contributed by atoms with Gasteiger partial charge in [0.15, 0.2) is 5.65 Å². The summed E-state index contributed by atoms with van der Waals surface area (Å²) in [6, 6.07) is 10.0. The van der Waals surface area contributed by atoms with Crippen LogP contribution in [-0.2, 0) is 31.7 Å². The zero-order valence-electron chi connectivity index (χ0n) is 16.3. The van der Waals surface area contributed by atoms with Crippen molar-refractivity contribution in [2.24, 2.45) is 14.1 Å². The Bertz CT molecular complexity index is 1250. The highest BCUT2D eigenvalue weighted by Crippen LogP contribution is 2.35. The molecule has 1 aliphatic heterocycles. The highest BCUT2D eigenvalue weighted by molar-refractivity contribution is 6.00. The highest BCUT2D eigenvalue weighted by atomic mass is 16.2. The molecule has 2 N–H and O–H groups in total. The molecule has 0 fully saturated rings. The van der Waals surface area contributed by atoms with E-state index in [1.165, 1.54) is 6.33 Å². The maximum atomic E-state index is 12.9. The number of nitrogen functional groups attached to an aromatic ring is 1. The molecule has 0 radical (unpaired) electrons. The summed E-state index contributed by atoms with van der Waals surface area (Å²) in [6.07, 6.45) is 4.61. The van der Waals surface area contributed by atoms with Gasteiger partial charge in [0.05, 0.1) is 11.8 Å². The molecule has 0 aliphatic carbocycles. The standard InChI is InChI=1S/C21H21N7O/c1-26-8-3-4-15(26)11-17(29)28-9-7-13-10-14(5-6-16(13)28)19-18-20(22)23-12-24-21(18)27(2)25-19/h3-6,8,10,12H,7,9,11H2,1-2H3,(H2,22,23,24). The molecule has 0 spiro atoms. The van der Waals surface area contributed by atoms with Gasteiger partial charge in [-0.05, 0) is 36.2 Å². The Morgan fingerprint density at radius 3 is 2.86 bits per heavy atom. The van der Waals surface area contributed by atoms with Crippen LogP contribution < -0.4 is 10.6 Å². The lowest BCUT2D eigenvalue weighted by atomic mass is 10.0. The van der Waals surface area contributed by atoms with E-state index in [0.29, 0.717) is 24.4 Å². The maximum absolute atomic E-state index is 12.9. The first-order valence-corrected chi connectivity index (χ1v) is 9.50. The number of aryl methyl sites for hydroxylation is 2. The number of carbonyl (C=O) groups excluding carboxylic acids is 1. The fourth-order valence-electron chi connectivity index (χ4n) is 4.05. The molecule has 0 atom stereocenters. The maximum Gasteiger partial charge on any atom is 0.232 e. The predicted octanol–water partition coefficient (Wildman–Crippen LogP) is 2.08. The number of rotatable bonds is 3. The Hall–Kier alpha value is -3.68. The van der Waals surface area contributed by atoms with Gasteiger partial charge < -0.3 is 15.2 Å². The minimum absolute atomic E-state index is 0.110. The first kappa shape index (κ1) is 17.4. The molecule has 3 aromatic heterocycles. The molecular weight excluding hydrogens is 366 g/mol. The van der Waals surface area contributed by atoms with Crippen LogP contribution in [0.5, 0.6) is 0 Å². The zero-order chi connectivity index (χ0) is 20.1. The summed E-state index contributed by atoms with van der Waals surface area (Å²) in [5.41, 5.74) is 11.6. The van der Waals surface area contributed by atoms with Gasteiger partial charge in [-0.2, -0.15) is 5.10 Å². The molecule has 146 valence electrons. The van der Waals surface area contributed by atoms with E-state index < -0.39 is 0 Å². The quantitative estimate of drug-likeness (QED) is 0.581. The fourth-order valence-corrected chi connectivity index (χ4v) is 4.05. The number of fused-ring (bicyclic) bond motifs is 2. The Morgan fingerprint density at radius 1 is 1.21 bits per heavy atom. The molecule has 5 rings (SSSR count). The van der Waals surface area contributed by atoms with Crippen molar-refractivity contribution in [2.45, 2.75) is 12.8 Å². The number of hydrogen-bond donors (Lipinski definition) is 1. The van der Waals surface area contributed by atoms with Crippen LogP contribution in [-0.4, -0.2) is 36.8 Å². The highest BCUT2D eigenvalue weighted by Gasteiger charge is 2.26. The Labute approximate surface area is 167 Å². The molecule has 4 aromatic rings. The Morgan fingerprint density at radius 2 is 2.07 bits per heavy atom. The molecule has 1 amide bonds. The summed E-state index contributed by atoms with van der Waals surface area (Å²) in [5, 5.41) is 5.37. The number of carbonyl (C=O) groups is 1. The summed E-state index contributed by atoms with van der Waals surface area (Å²) < 4.78 is 3.70. The summed E-state index contributed by atoms with van der Waals surface area (Å²) in [7, 11) is 3.80. The topological polar surface area (TPSA) is 94.9 Å². The van der Waals surface area contributed by atoms with Crippen LogP contribution >= 0.6 is 0 Å². The van der Waals surface area contributed by atoms with Gasteiger partial charge in [-0.25, -0.2) is 14.6 Å². The number of nitrogens with two attached hydrogens (primary N) is 1. The van der Waals surface area contributed by atoms with E-state index in [4.69, 9.17) is 5.73 Å². The Balaban J connectivity index is 1.49. The van der Waals surface area contributed by atoms with Gasteiger partial charge in [0.1, 0.15) is 17.8 Å². The average molecular weight is 387 g/mol. The second-order valence-corrected chi connectivity index (χ2v) is 7.36. The Kier molecular flexibility index (Phi) is 3.87. The largest absolute Gasteiger partial charge is 0.383 e. The van der Waals surface area contributed by atoms with Crippen molar-refractivity contribution < 1.29 is 4.79 Å². The van der Waals surface area contributed by atoms with Gasteiger partial charge in [0, 0.05) is 43.8 Å². The van der Waals surface area contributed by atoms with Gasteiger partial charge in [-0.3, -0.25) is 4.79 Å². The minimum atomic E-state index is 0.110. The number of nitrogens with zero attached hydrogens (tertiary/aromatic N) is 6. The van der Waals surface area contributed by atoms with E-state index in [1.54, 1.807) is 4.68 Å². The first-order valence-electron chi connectivity index (χ1n) is 9.50. The average Bonchev–Trinajstić information content (AvgIpc) is 3.40. The minimum Gasteiger partial charge on any atom is -0.383 e. The first-order chi connectivity index (χ1) is 14.0. The van der Waals surface area contributed by atoms with E-state index in [0.717, 1.165) is 40.0 Å². The van der Waals surface area contributed by atoms with Crippen LogP contribution in [0.2, 0.25) is 0 Å². The summed E-state index contributed by atoms with van der Waals surface area (Å²) in [6.45, 7) is 0.691. The second-order valence-electron chi connectivity index (χ2n) is 7.36.